The highest BCUT2D eigenvalue weighted by atomic mass is 79.9. The summed E-state index contributed by atoms with van der Waals surface area (Å²) in [5, 5.41) is 4.43. The number of aromatic nitrogens is 2. The smallest absolute Gasteiger partial charge is 0.134 e. The van der Waals surface area contributed by atoms with Crippen molar-refractivity contribution in [2.45, 2.75) is 51.0 Å². The Morgan fingerprint density at radius 1 is 1.00 bits per heavy atom. The van der Waals surface area contributed by atoms with Crippen LogP contribution in [0.3, 0.4) is 0 Å². The van der Waals surface area contributed by atoms with E-state index in [1.54, 1.807) is 6.33 Å². The summed E-state index contributed by atoms with van der Waals surface area (Å²) in [5.41, 5.74) is 2.55. The number of hydrogen-bond acceptors (Lipinski definition) is 4. The lowest BCUT2D eigenvalue weighted by molar-refractivity contribution is 0.593. The summed E-state index contributed by atoms with van der Waals surface area (Å²) in [6, 6.07) is 19.0. The third-order valence-corrected chi connectivity index (χ3v) is 6.95. The van der Waals surface area contributed by atoms with Gasteiger partial charge in [-0.05, 0) is 61.6 Å². The Kier molecular flexibility index (Phi) is 8.04. The van der Waals surface area contributed by atoms with Gasteiger partial charge in [0.15, 0.2) is 0 Å². The highest BCUT2D eigenvalue weighted by molar-refractivity contribution is 9.10. The minimum atomic E-state index is 0.173. The molecule has 4 nitrogen and oxygen atoms in total. The molecule has 2 heterocycles. The molecule has 1 aliphatic heterocycles. The zero-order chi connectivity index (χ0) is 22.3. The molecule has 0 unspecified atom stereocenters. The van der Waals surface area contributed by atoms with E-state index in [2.05, 4.69) is 85.5 Å². The van der Waals surface area contributed by atoms with Gasteiger partial charge in [-0.3, -0.25) is 0 Å². The van der Waals surface area contributed by atoms with Gasteiger partial charge in [0.25, 0.3) is 0 Å². The van der Waals surface area contributed by atoms with E-state index < -0.39 is 0 Å². The Morgan fingerprint density at radius 3 is 2.47 bits per heavy atom. The van der Waals surface area contributed by atoms with E-state index in [4.69, 9.17) is 11.6 Å². The predicted molar refractivity (Wildman–Crippen MR) is 138 cm³/mol. The number of nitrogens with one attached hydrogen (secondary N) is 1. The number of benzene rings is 2. The van der Waals surface area contributed by atoms with Crippen LogP contribution in [0.1, 0.15) is 49.7 Å². The quantitative estimate of drug-likeness (QED) is 0.366. The van der Waals surface area contributed by atoms with Crippen molar-refractivity contribution in [2.75, 3.05) is 23.3 Å². The first-order valence-corrected chi connectivity index (χ1v) is 12.6. The van der Waals surface area contributed by atoms with Crippen molar-refractivity contribution in [1.29, 1.82) is 0 Å². The number of rotatable bonds is 7. The van der Waals surface area contributed by atoms with E-state index in [-0.39, 0.29) is 12.0 Å². The van der Waals surface area contributed by atoms with E-state index >= 15 is 0 Å². The topological polar surface area (TPSA) is 41.0 Å². The Bertz CT molecular complexity index is 1000. The molecular weight excluding hydrogens is 484 g/mol. The first kappa shape index (κ1) is 23.1. The van der Waals surface area contributed by atoms with Crippen molar-refractivity contribution in [2.24, 2.45) is 0 Å². The maximum atomic E-state index is 6.11. The normalized spacial score (nSPS) is 16.3. The highest BCUT2D eigenvalue weighted by Gasteiger charge is 2.21. The van der Waals surface area contributed by atoms with Gasteiger partial charge in [-0.2, -0.15) is 0 Å². The van der Waals surface area contributed by atoms with E-state index in [0.717, 1.165) is 40.6 Å². The van der Waals surface area contributed by atoms with Crippen molar-refractivity contribution >= 4 is 39.2 Å². The lowest BCUT2D eigenvalue weighted by atomic mass is 9.86. The summed E-state index contributed by atoms with van der Waals surface area (Å²) in [5.74, 6) is 2.17. The zero-order valence-corrected chi connectivity index (χ0v) is 20.8. The molecule has 1 aromatic heterocycles. The van der Waals surface area contributed by atoms with E-state index in [9.17, 15) is 0 Å². The molecule has 1 aliphatic rings. The molecule has 0 spiro atoms. The van der Waals surface area contributed by atoms with Gasteiger partial charge in [0, 0.05) is 40.6 Å². The average Bonchev–Trinajstić information content (AvgIpc) is 3.08. The second-order valence-corrected chi connectivity index (χ2v) is 9.94. The average molecular weight is 514 g/mol. The van der Waals surface area contributed by atoms with Crippen LogP contribution in [0.4, 0.5) is 11.6 Å². The number of nitrogens with zero attached hydrogens (tertiary/aromatic N) is 3. The maximum Gasteiger partial charge on any atom is 0.134 e. The molecule has 0 amide bonds. The van der Waals surface area contributed by atoms with Gasteiger partial charge in [0.05, 0.1) is 0 Å². The number of anilines is 2. The SMILES string of the molecule is C[C@H](Nc1cc(N2CCCCCC2)ncn1)[C@@H](Cc1ccc(Cl)cc1)c1cccc(Br)c1. The standard InChI is InChI=1S/C26H30BrClN4/c1-19(31-25-17-26(30-18-29-25)32-13-4-2-3-5-14-32)24(21-7-6-8-22(27)16-21)15-20-9-11-23(28)12-10-20/h6-12,16-19,24H,2-5,13-15H2,1H3,(H,29,30,31)/t19-,24+/m0/s1. The lowest BCUT2D eigenvalue weighted by Gasteiger charge is -2.27. The molecule has 0 bridgehead atoms. The predicted octanol–water partition coefficient (Wildman–Crippen LogP) is 7.10. The van der Waals surface area contributed by atoms with E-state index in [1.165, 1.54) is 36.8 Å². The first-order chi connectivity index (χ1) is 15.6. The van der Waals surface area contributed by atoms with Crippen LogP contribution in [0.2, 0.25) is 5.02 Å². The summed E-state index contributed by atoms with van der Waals surface area (Å²) in [6.07, 6.45) is 7.67. The molecule has 1 saturated heterocycles. The monoisotopic (exact) mass is 512 g/mol. The van der Waals surface area contributed by atoms with Crippen molar-refractivity contribution in [1.82, 2.24) is 9.97 Å². The molecule has 32 heavy (non-hydrogen) atoms. The summed E-state index contributed by atoms with van der Waals surface area (Å²) in [4.78, 5) is 11.5. The Labute approximate surface area is 204 Å². The second kappa shape index (κ2) is 11.2. The zero-order valence-electron chi connectivity index (χ0n) is 18.5. The van der Waals surface area contributed by atoms with E-state index in [1.807, 2.05) is 12.1 Å². The van der Waals surface area contributed by atoms with Crippen molar-refractivity contribution in [3.63, 3.8) is 0 Å². The molecular formula is C26H30BrClN4. The molecule has 0 aliphatic carbocycles. The van der Waals surface area contributed by atoms with Crippen LogP contribution in [0.15, 0.2) is 65.4 Å². The summed E-state index contributed by atoms with van der Waals surface area (Å²) in [7, 11) is 0. The van der Waals surface area contributed by atoms with Gasteiger partial charge in [0.2, 0.25) is 0 Å². The lowest BCUT2D eigenvalue weighted by Crippen LogP contribution is -2.28. The molecule has 2 aromatic carbocycles. The largest absolute Gasteiger partial charge is 0.367 e. The van der Waals surface area contributed by atoms with E-state index in [0.29, 0.717) is 0 Å². The van der Waals surface area contributed by atoms with Gasteiger partial charge in [0.1, 0.15) is 18.0 Å². The van der Waals surface area contributed by atoms with Crippen LogP contribution in [0.5, 0.6) is 0 Å². The third kappa shape index (κ3) is 6.23. The fourth-order valence-electron chi connectivity index (χ4n) is 4.43. The van der Waals surface area contributed by atoms with Crippen LogP contribution in [0, 0.1) is 0 Å². The molecule has 168 valence electrons. The van der Waals surface area contributed by atoms with Crippen molar-refractivity contribution < 1.29 is 0 Å². The molecule has 1 fully saturated rings. The van der Waals surface area contributed by atoms with Crippen LogP contribution in [0.25, 0.3) is 0 Å². The molecule has 2 atom stereocenters. The summed E-state index contributed by atoms with van der Waals surface area (Å²) >= 11 is 9.75. The fourth-order valence-corrected chi connectivity index (χ4v) is 4.97. The van der Waals surface area contributed by atoms with Gasteiger partial charge in [-0.25, -0.2) is 9.97 Å². The van der Waals surface area contributed by atoms with Crippen LogP contribution in [-0.4, -0.2) is 29.1 Å². The molecule has 4 rings (SSSR count). The fraction of sp³-hybridized carbons (Fsp3) is 0.385. The maximum absolute atomic E-state index is 6.11. The van der Waals surface area contributed by atoms with Crippen LogP contribution in [-0.2, 0) is 6.42 Å². The van der Waals surface area contributed by atoms with Crippen LogP contribution >= 0.6 is 27.5 Å². The molecule has 0 saturated carbocycles. The highest BCUT2D eigenvalue weighted by Crippen LogP contribution is 2.29. The Balaban J connectivity index is 1.55. The number of halogens is 2. The Morgan fingerprint density at radius 2 is 1.75 bits per heavy atom. The van der Waals surface area contributed by atoms with Crippen LogP contribution < -0.4 is 10.2 Å². The molecule has 0 radical (unpaired) electrons. The summed E-state index contributed by atoms with van der Waals surface area (Å²) < 4.78 is 1.09. The third-order valence-electron chi connectivity index (χ3n) is 6.21. The van der Waals surface area contributed by atoms with Gasteiger partial charge >= 0.3 is 0 Å². The van der Waals surface area contributed by atoms with Gasteiger partial charge in [-0.1, -0.05) is 64.6 Å². The first-order valence-electron chi connectivity index (χ1n) is 11.4. The summed E-state index contributed by atoms with van der Waals surface area (Å²) in [6.45, 7) is 4.38. The second-order valence-electron chi connectivity index (χ2n) is 8.59. The Hall–Kier alpha value is -2.11. The molecule has 6 heteroatoms. The minimum Gasteiger partial charge on any atom is -0.367 e. The number of hydrogen-bond donors (Lipinski definition) is 1. The molecule has 3 aromatic rings. The van der Waals surface area contributed by atoms with Gasteiger partial charge in [-0.15, -0.1) is 0 Å². The minimum absolute atomic E-state index is 0.173. The van der Waals surface area contributed by atoms with Gasteiger partial charge < -0.3 is 10.2 Å². The molecule has 1 N–H and O–H groups in total. The van der Waals surface area contributed by atoms with Crippen molar-refractivity contribution in [3.05, 3.63) is 81.5 Å². The van der Waals surface area contributed by atoms with Crippen molar-refractivity contribution in [3.8, 4) is 0 Å².